The number of aliphatic imine (C=N–C) groups is 2. The highest BCUT2D eigenvalue weighted by atomic mass is 15.2. The topological polar surface area (TPSA) is 75.7 Å². The largest absolute Gasteiger partial charge is 0.399 e. The average molecular weight is 606 g/mol. The fourth-order valence-corrected chi connectivity index (χ4v) is 5.91. The Bertz CT molecular complexity index is 2240. The Balaban J connectivity index is 1.04. The second-order valence-corrected chi connectivity index (χ2v) is 11.6. The lowest BCUT2D eigenvalue weighted by atomic mass is 9.99. The minimum Gasteiger partial charge on any atom is -0.399 e. The molecule has 3 N–H and O–H groups in total. The van der Waals surface area contributed by atoms with E-state index in [-0.39, 0.29) is 6.17 Å². The Morgan fingerprint density at radius 1 is 0.489 bits per heavy atom. The van der Waals surface area contributed by atoms with Crippen LogP contribution in [0.15, 0.2) is 174 Å². The van der Waals surface area contributed by atoms with Crippen LogP contribution in [0.2, 0.25) is 0 Å². The number of nitrogens with one attached hydrogen (secondary N) is 1. The second-order valence-electron chi connectivity index (χ2n) is 11.6. The van der Waals surface area contributed by atoms with E-state index in [1.807, 2.05) is 60.7 Å². The Morgan fingerprint density at radius 3 is 1.77 bits per heavy atom. The zero-order chi connectivity index (χ0) is 31.6. The van der Waals surface area contributed by atoms with Crippen molar-refractivity contribution < 1.29 is 0 Å². The Kier molecular flexibility index (Phi) is 7.32. The average Bonchev–Trinajstić information content (AvgIpc) is 3.15. The normalized spacial score (nSPS) is 14.3. The van der Waals surface area contributed by atoms with E-state index in [0.717, 1.165) is 61.5 Å². The molecule has 2 heterocycles. The summed E-state index contributed by atoms with van der Waals surface area (Å²) in [6.45, 7) is 0. The van der Waals surface area contributed by atoms with Crippen LogP contribution in [0.3, 0.4) is 0 Å². The molecule has 5 heteroatoms. The Labute approximate surface area is 273 Å². The number of fused-ring (bicyclic) bond motifs is 1. The molecule has 0 bridgehead atoms. The summed E-state index contributed by atoms with van der Waals surface area (Å²) in [5.41, 5.74) is 17.3. The first-order chi connectivity index (χ1) is 23.2. The molecule has 47 heavy (non-hydrogen) atoms. The molecule has 1 aliphatic rings. The standard InChI is InChI=1S/C42H31N5/c43-37-23-19-29(20-24-37)28-11-13-30(14-12-28)35-21-25-39-36(27-35)22-26-38(44-39)31-15-17-34(18-16-31)42-46-40(32-7-3-1-4-8-32)45-41(47-42)33-9-5-2-6-10-33/h1-27,40H,43H2,(H,45,46,47). The fraction of sp³-hybridized carbons (Fsp3) is 0.0238. The van der Waals surface area contributed by atoms with Crippen molar-refractivity contribution in [1.29, 1.82) is 0 Å². The lowest BCUT2D eigenvalue weighted by Crippen LogP contribution is -2.33. The first-order valence-corrected chi connectivity index (χ1v) is 15.7. The minimum atomic E-state index is -0.229. The number of hydrogen-bond donors (Lipinski definition) is 2. The van der Waals surface area contributed by atoms with E-state index >= 15 is 0 Å². The van der Waals surface area contributed by atoms with Gasteiger partial charge in [-0.15, -0.1) is 0 Å². The Hall–Kier alpha value is -6.33. The van der Waals surface area contributed by atoms with Crippen LogP contribution in [-0.4, -0.2) is 16.7 Å². The van der Waals surface area contributed by atoms with Crippen LogP contribution in [0.1, 0.15) is 22.9 Å². The molecule has 5 nitrogen and oxygen atoms in total. The third-order valence-electron chi connectivity index (χ3n) is 8.50. The van der Waals surface area contributed by atoms with Crippen molar-refractivity contribution in [3.8, 4) is 33.5 Å². The van der Waals surface area contributed by atoms with Gasteiger partial charge in [-0.05, 0) is 58.1 Å². The third kappa shape index (κ3) is 5.90. The molecule has 0 radical (unpaired) electrons. The molecule has 6 aromatic carbocycles. The van der Waals surface area contributed by atoms with Gasteiger partial charge in [0.15, 0.2) is 5.84 Å². The fourth-order valence-electron chi connectivity index (χ4n) is 5.91. The van der Waals surface area contributed by atoms with E-state index in [9.17, 15) is 0 Å². The summed E-state index contributed by atoms with van der Waals surface area (Å²) < 4.78 is 0. The molecule has 0 fully saturated rings. The number of aromatic nitrogens is 1. The summed E-state index contributed by atoms with van der Waals surface area (Å²) in [7, 11) is 0. The number of nitrogens with zero attached hydrogens (tertiary/aromatic N) is 3. The summed E-state index contributed by atoms with van der Waals surface area (Å²) >= 11 is 0. The van der Waals surface area contributed by atoms with Gasteiger partial charge in [0.2, 0.25) is 0 Å². The molecule has 8 rings (SSSR count). The molecule has 7 aromatic rings. The van der Waals surface area contributed by atoms with Gasteiger partial charge in [-0.3, -0.25) is 0 Å². The summed E-state index contributed by atoms with van der Waals surface area (Å²) in [6.07, 6.45) is -0.229. The van der Waals surface area contributed by atoms with Crippen LogP contribution >= 0.6 is 0 Å². The third-order valence-corrected chi connectivity index (χ3v) is 8.50. The van der Waals surface area contributed by atoms with Gasteiger partial charge < -0.3 is 11.1 Å². The number of nitrogen functional groups attached to an aromatic ring is 1. The highest BCUT2D eigenvalue weighted by Crippen LogP contribution is 2.29. The van der Waals surface area contributed by atoms with E-state index in [2.05, 4.69) is 108 Å². The number of pyridine rings is 1. The summed E-state index contributed by atoms with van der Waals surface area (Å²) in [6, 6.07) is 56.1. The number of rotatable bonds is 6. The predicted octanol–water partition coefficient (Wildman–Crippen LogP) is 9.31. The van der Waals surface area contributed by atoms with Gasteiger partial charge in [0.05, 0.1) is 11.2 Å². The van der Waals surface area contributed by atoms with Crippen molar-refractivity contribution in [3.63, 3.8) is 0 Å². The summed E-state index contributed by atoms with van der Waals surface area (Å²) in [5.74, 6) is 1.50. The molecule has 0 aliphatic carbocycles. The highest BCUT2D eigenvalue weighted by Gasteiger charge is 2.21. The summed E-state index contributed by atoms with van der Waals surface area (Å²) in [4.78, 5) is 14.9. The predicted molar refractivity (Wildman–Crippen MR) is 194 cm³/mol. The van der Waals surface area contributed by atoms with Crippen molar-refractivity contribution in [3.05, 3.63) is 180 Å². The number of benzene rings is 6. The van der Waals surface area contributed by atoms with Crippen molar-refractivity contribution in [2.24, 2.45) is 9.98 Å². The number of anilines is 1. The van der Waals surface area contributed by atoms with E-state index < -0.39 is 0 Å². The van der Waals surface area contributed by atoms with Crippen LogP contribution in [0.5, 0.6) is 0 Å². The van der Waals surface area contributed by atoms with Gasteiger partial charge in [0.1, 0.15) is 12.0 Å². The van der Waals surface area contributed by atoms with Gasteiger partial charge >= 0.3 is 0 Å². The van der Waals surface area contributed by atoms with Gasteiger partial charge in [0.25, 0.3) is 0 Å². The molecule has 1 unspecified atom stereocenters. The first-order valence-electron chi connectivity index (χ1n) is 15.7. The Morgan fingerprint density at radius 2 is 1.06 bits per heavy atom. The van der Waals surface area contributed by atoms with E-state index in [1.165, 1.54) is 11.1 Å². The van der Waals surface area contributed by atoms with Gasteiger partial charge in [-0.2, -0.15) is 0 Å². The number of amidine groups is 2. The maximum Gasteiger partial charge on any atom is 0.159 e. The van der Waals surface area contributed by atoms with Crippen LogP contribution < -0.4 is 11.1 Å². The molecule has 0 amide bonds. The van der Waals surface area contributed by atoms with Crippen molar-refractivity contribution in [2.45, 2.75) is 6.17 Å². The molecule has 1 atom stereocenters. The summed E-state index contributed by atoms with van der Waals surface area (Å²) in [5, 5.41) is 4.65. The lowest BCUT2D eigenvalue weighted by Gasteiger charge is -2.23. The second kappa shape index (κ2) is 12.2. The molecule has 1 aliphatic heterocycles. The SMILES string of the molecule is Nc1ccc(-c2ccc(-c3ccc4nc(-c5ccc(C6=NC(c7ccccc7)=NC(c7ccccc7)N6)cc5)ccc4c3)cc2)cc1. The molecule has 0 spiro atoms. The maximum atomic E-state index is 5.85. The molecular weight excluding hydrogens is 574 g/mol. The van der Waals surface area contributed by atoms with E-state index in [0.29, 0.717) is 5.84 Å². The number of nitrogens with two attached hydrogens (primary N) is 1. The minimum absolute atomic E-state index is 0.229. The van der Waals surface area contributed by atoms with E-state index in [4.69, 9.17) is 20.7 Å². The maximum absolute atomic E-state index is 5.85. The van der Waals surface area contributed by atoms with Crippen LogP contribution in [-0.2, 0) is 0 Å². The molecule has 0 saturated heterocycles. The smallest absolute Gasteiger partial charge is 0.159 e. The molecule has 1 aromatic heterocycles. The van der Waals surface area contributed by atoms with Crippen LogP contribution in [0.4, 0.5) is 5.69 Å². The zero-order valence-electron chi connectivity index (χ0n) is 25.6. The van der Waals surface area contributed by atoms with Crippen molar-refractivity contribution in [1.82, 2.24) is 10.3 Å². The first kappa shape index (κ1) is 28.2. The molecule has 0 saturated carbocycles. The van der Waals surface area contributed by atoms with Crippen molar-refractivity contribution in [2.75, 3.05) is 5.73 Å². The lowest BCUT2D eigenvalue weighted by molar-refractivity contribution is 0.674. The van der Waals surface area contributed by atoms with Gasteiger partial charge in [0, 0.05) is 27.8 Å². The van der Waals surface area contributed by atoms with Gasteiger partial charge in [-0.25, -0.2) is 15.0 Å². The van der Waals surface area contributed by atoms with Crippen LogP contribution in [0, 0.1) is 0 Å². The monoisotopic (exact) mass is 605 g/mol. The zero-order valence-corrected chi connectivity index (χ0v) is 25.6. The molecular formula is C42H31N5. The van der Waals surface area contributed by atoms with Crippen LogP contribution in [0.25, 0.3) is 44.4 Å². The van der Waals surface area contributed by atoms with Gasteiger partial charge in [-0.1, -0.05) is 133 Å². The highest BCUT2D eigenvalue weighted by molar-refractivity contribution is 6.13. The number of hydrogen-bond acceptors (Lipinski definition) is 5. The quantitative estimate of drug-likeness (QED) is 0.186. The molecule has 224 valence electrons. The van der Waals surface area contributed by atoms with E-state index in [1.54, 1.807) is 0 Å². The van der Waals surface area contributed by atoms with Crippen molar-refractivity contribution >= 4 is 28.3 Å².